The molecule has 2 unspecified atom stereocenters. The van der Waals surface area contributed by atoms with Crippen molar-refractivity contribution in [3.8, 4) is 0 Å². The largest absolute Gasteiger partial charge is 0.380 e. The quantitative estimate of drug-likeness (QED) is 0.469. The molecule has 0 aromatic rings. The molecule has 0 radical (unpaired) electrons. The highest BCUT2D eigenvalue weighted by Crippen LogP contribution is 2.20. The van der Waals surface area contributed by atoms with Crippen LogP contribution in [0.5, 0.6) is 0 Å². The van der Waals surface area contributed by atoms with Crippen molar-refractivity contribution in [3.05, 3.63) is 0 Å². The highest BCUT2D eigenvalue weighted by atomic mass is 16.5. The van der Waals surface area contributed by atoms with Crippen LogP contribution in [0.25, 0.3) is 0 Å². The van der Waals surface area contributed by atoms with Gasteiger partial charge in [-0.05, 0) is 34.4 Å². The minimum Gasteiger partial charge on any atom is -0.380 e. The number of ether oxygens (including phenoxy) is 1. The summed E-state index contributed by atoms with van der Waals surface area (Å²) in [5.41, 5.74) is 2.87. The summed E-state index contributed by atoms with van der Waals surface area (Å²) in [5.74, 6) is 5.56. The van der Waals surface area contributed by atoms with Crippen LogP contribution in [0, 0.1) is 0 Å². The van der Waals surface area contributed by atoms with Gasteiger partial charge in [0.2, 0.25) is 0 Å². The van der Waals surface area contributed by atoms with Crippen molar-refractivity contribution in [1.82, 2.24) is 10.3 Å². The van der Waals surface area contributed by atoms with Gasteiger partial charge in [-0.25, -0.2) is 0 Å². The van der Waals surface area contributed by atoms with Gasteiger partial charge in [0.25, 0.3) is 0 Å². The Bertz CT molecular complexity index is 152. The van der Waals surface area contributed by atoms with Crippen molar-refractivity contribution in [2.24, 2.45) is 5.84 Å². The van der Waals surface area contributed by atoms with E-state index >= 15 is 0 Å². The second-order valence-electron chi connectivity index (χ2n) is 3.98. The number of rotatable bonds is 7. The van der Waals surface area contributed by atoms with Crippen molar-refractivity contribution in [2.45, 2.75) is 38.8 Å². The van der Waals surface area contributed by atoms with Crippen LogP contribution in [0.3, 0.4) is 0 Å². The molecule has 0 amide bonds. The van der Waals surface area contributed by atoms with Gasteiger partial charge in [0.05, 0.1) is 12.6 Å². The van der Waals surface area contributed by atoms with Gasteiger partial charge < -0.3 is 9.64 Å². The third-order valence-corrected chi connectivity index (χ3v) is 3.18. The number of hydrazine groups is 1. The van der Waals surface area contributed by atoms with E-state index in [0.29, 0.717) is 6.61 Å². The average molecular weight is 203 g/mol. The molecule has 4 heteroatoms. The fraction of sp³-hybridized carbons (Fsp3) is 1.00. The lowest BCUT2D eigenvalue weighted by atomic mass is 9.89. The van der Waals surface area contributed by atoms with Crippen molar-refractivity contribution in [3.63, 3.8) is 0 Å². The maximum atomic E-state index is 5.56. The molecule has 0 heterocycles. The lowest BCUT2D eigenvalue weighted by molar-refractivity contribution is 0.0414. The summed E-state index contributed by atoms with van der Waals surface area (Å²) in [4.78, 5) is 2.19. The zero-order chi connectivity index (χ0) is 11.2. The first-order valence-corrected chi connectivity index (χ1v) is 5.24. The highest BCUT2D eigenvalue weighted by molar-refractivity contribution is 4.93. The van der Waals surface area contributed by atoms with Gasteiger partial charge in [0.1, 0.15) is 0 Å². The Morgan fingerprint density at radius 3 is 2.29 bits per heavy atom. The average Bonchev–Trinajstić information content (AvgIpc) is 2.18. The third-order valence-electron chi connectivity index (χ3n) is 3.18. The van der Waals surface area contributed by atoms with Crippen molar-refractivity contribution in [1.29, 1.82) is 0 Å². The van der Waals surface area contributed by atoms with Gasteiger partial charge in [-0.3, -0.25) is 11.3 Å². The standard InChI is InChI=1S/C10H25N3O/c1-6-10(3,13(4)5)9(12-11)8-14-7-2/h9,12H,6-8,11H2,1-5H3. The Hall–Kier alpha value is -0.160. The van der Waals surface area contributed by atoms with Crippen LogP contribution in [0.15, 0.2) is 0 Å². The van der Waals surface area contributed by atoms with Crippen LogP contribution in [-0.4, -0.2) is 43.8 Å². The number of likely N-dealkylation sites (N-methyl/N-ethyl adjacent to an activating group) is 1. The molecule has 0 aliphatic carbocycles. The van der Waals surface area contributed by atoms with E-state index in [9.17, 15) is 0 Å². The number of nitrogens with zero attached hydrogens (tertiary/aromatic N) is 1. The zero-order valence-corrected chi connectivity index (χ0v) is 10.1. The maximum absolute atomic E-state index is 5.56. The van der Waals surface area contributed by atoms with E-state index in [1.54, 1.807) is 0 Å². The van der Waals surface area contributed by atoms with E-state index in [1.165, 1.54) is 0 Å². The summed E-state index contributed by atoms with van der Waals surface area (Å²) in [6.07, 6.45) is 1.03. The van der Waals surface area contributed by atoms with Gasteiger partial charge in [0, 0.05) is 12.1 Å². The van der Waals surface area contributed by atoms with Crippen LogP contribution in [0.2, 0.25) is 0 Å². The molecule has 0 bridgehead atoms. The summed E-state index contributed by atoms with van der Waals surface area (Å²) in [7, 11) is 4.14. The van der Waals surface area contributed by atoms with E-state index in [2.05, 4.69) is 38.3 Å². The molecule has 0 aromatic carbocycles. The summed E-state index contributed by atoms with van der Waals surface area (Å²) >= 11 is 0. The topological polar surface area (TPSA) is 50.5 Å². The Kier molecular flexibility index (Phi) is 6.27. The molecule has 86 valence electrons. The van der Waals surface area contributed by atoms with E-state index in [0.717, 1.165) is 13.0 Å². The van der Waals surface area contributed by atoms with Crippen LogP contribution in [-0.2, 0) is 4.74 Å². The molecule has 0 aromatic heterocycles. The van der Waals surface area contributed by atoms with Gasteiger partial charge >= 0.3 is 0 Å². The van der Waals surface area contributed by atoms with E-state index in [4.69, 9.17) is 10.6 Å². The molecule has 0 saturated carbocycles. The van der Waals surface area contributed by atoms with E-state index in [1.807, 2.05) is 6.92 Å². The number of nitrogens with two attached hydrogens (primary N) is 1. The van der Waals surface area contributed by atoms with E-state index < -0.39 is 0 Å². The summed E-state index contributed by atoms with van der Waals surface area (Å²) in [5, 5.41) is 0. The van der Waals surface area contributed by atoms with E-state index in [-0.39, 0.29) is 11.6 Å². The van der Waals surface area contributed by atoms with Crippen molar-refractivity contribution >= 4 is 0 Å². The molecule has 0 spiro atoms. The highest BCUT2D eigenvalue weighted by Gasteiger charge is 2.34. The predicted molar refractivity (Wildman–Crippen MR) is 60.0 cm³/mol. The molecule has 4 nitrogen and oxygen atoms in total. The SMILES string of the molecule is CCOCC(NN)C(C)(CC)N(C)C. The monoisotopic (exact) mass is 203 g/mol. The smallest absolute Gasteiger partial charge is 0.0650 e. The number of nitrogens with one attached hydrogen (secondary N) is 1. The van der Waals surface area contributed by atoms with Gasteiger partial charge in [0.15, 0.2) is 0 Å². The minimum absolute atomic E-state index is 0.0317. The first kappa shape index (κ1) is 13.8. The molecular weight excluding hydrogens is 178 g/mol. The second kappa shape index (κ2) is 6.35. The normalized spacial score (nSPS) is 18.2. The van der Waals surface area contributed by atoms with Crippen LogP contribution < -0.4 is 11.3 Å². The molecule has 14 heavy (non-hydrogen) atoms. The molecule has 0 rings (SSSR count). The first-order valence-electron chi connectivity index (χ1n) is 5.24. The second-order valence-corrected chi connectivity index (χ2v) is 3.98. The van der Waals surface area contributed by atoms with Crippen LogP contribution >= 0.6 is 0 Å². The Morgan fingerprint density at radius 1 is 1.43 bits per heavy atom. The third kappa shape index (κ3) is 3.20. The zero-order valence-electron chi connectivity index (χ0n) is 10.1. The molecule has 3 N–H and O–H groups in total. The molecule has 0 aliphatic rings. The Labute approximate surface area is 87.8 Å². The number of hydrogen-bond donors (Lipinski definition) is 2. The maximum Gasteiger partial charge on any atom is 0.0650 e. The van der Waals surface area contributed by atoms with Crippen LogP contribution in [0.4, 0.5) is 0 Å². The predicted octanol–water partition coefficient (Wildman–Crippen LogP) is 0.585. The lowest BCUT2D eigenvalue weighted by Gasteiger charge is -2.42. The Morgan fingerprint density at radius 2 is 2.00 bits per heavy atom. The van der Waals surface area contributed by atoms with Gasteiger partial charge in [-0.1, -0.05) is 6.92 Å². The summed E-state index contributed by atoms with van der Waals surface area (Å²) in [6.45, 7) is 7.72. The van der Waals surface area contributed by atoms with Crippen molar-refractivity contribution < 1.29 is 4.74 Å². The minimum atomic E-state index is 0.0317. The molecule has 0 saturated heterocycles. The Balaban J connectivity index is 4.43. The molecule has 0 aliphatic heterocycles. The van der Waals surface area contributed by atoms with Gasteiger partial charge in [-0.15, -0.1) is 0 Å². The first-order chi connectivity index (χ1) is 6.52. The van der Waals surface area contributed by atoms with Gasteiger partial charge in [-0.2, -0.15) is 0 Å². The summed E-state index contributed by atoms with van der Waals surface area (Å²) < 4.78 is 5.42. The fourth-order valence-corrected chi connectivity index (χ4v) is 1.52. The fourth-order valence-electron chi connectivity index (χ4n) is 1.52. The molecular formula is C10H25N3O. The lowest BCUT2D eigenvalue weighted by Crippen LogP contribution is -2.60. The summed E-state index contributed by atoms with van der Waals surface area (Å²) in [6, 6.07) is 0.155. The molecule has 0 fully saturated rings. The van der Waals surface area contributed by atoms with Crippen LogP contribution in [0.1, 0.15) is 27.2 Å². The molecule has 2 atom stereocenters. The number of hydrogen-bond acceptors (Lipinski definition) is 4. The van der Waals surface area contributed by atoms with Crippen molar-refractivity contribution in [2.75, 3.05) is 27.3 Å².